The largest absolute Gasteiger partial charge is 0.339 e. The lowest BCUT2D eigenvalue weighted by Gasteiger charge is -2.34. The van der Waals surface area contributed by atoms with Crippen LogP contribution >= 0.6 is 11.3 Å². The van der Waals surface area contributed by atoms with Gasteiger partial charge in [-0.1, -0.05) is 11.3 Å². The maximum Gasteiger partial charge on any atom is 0.324 e. The molecule has 2 aliphatic rings. The number of thiophene rings is 1. The third-order valence-corrected chi connectivity index (χ3v) is 5.86. The van der Waals surface area contributed by atoms with Crippen LogP contribution < -0.4 is 5.32 Å². The minimum atomic E-state index is -0.488. The highest BCUT2D eigenvalue weighted by molar-refractivity contribution is 7.17. The Hall–Kier alpha value is -2.00. The molecule has 0 saturated carbocycles. The number of nitrogens with one attached hydrogen (secondary N) is 1. The monoisotopic (exact) mass is 366 g/mol. The Morgan fingerprint density at radius 1 is 1.24 bits per heavy atom. The highest BCUT2D eigenvalue weighted by Gasteiger charge is 2.27. The zero-order chi connectivity index (χ0) is 17.8. The van der Waals surface area contributed by atoms with Crippen LogP contribution in [0, 0.1) is 16.0 Å². The van der Waals surface area contributed by atoms with Crippen LogP contribution in [0.15, 0.2) is 12.1 Å². The van der Waals surface area contributed by atoms with E-state index in [1.807, 2.05) is 4.90 Å². The first-order chi connectivity index (χ1) is 12.0. The third kappa shape index (κ3) is 4.35. The van der Waals surface area contributed by atoms with E-state index in [4.69, 9.17) is 0 Å². The van der Waals surface area contributed by atoms with Gasteiger partial charge in [-0.3, -0.25) is 19.7 Å². The van der Waals surface area contributed by atoms with Gasteiger partial charge in [0.15, 0.2) is 0 Å². The van der Waals surface area contributed by atoms with E-state index >= 15 is 0 Å². The zero-order valence-corrected chi connectivity index (χ0v) is 14.8. The van der Waals surface area contributed by atoms with E-state index < -0.39 is 4.92 Å². The number of carbonyl (C=O) groups is 2. The predicted octanol–water partition coefficient (Wildman–Crippen LogP) is 1.33. The first-order valence-electron chi connectivity index (χ1n) is 8.56. The van der Waals surface area contributed by atoms with Gasteiger partial charge in [0.2, 0.25) is 5.91 Å². The van der Waals surface area contributed by atoms with Crippen LogP contribution in [0.2, 0.25) is 0 Å². The van der Waals surface area contributed by atoms with Crippen molar-refractivity contribution >= 4 is 28.2 Å². The van der Waals surface area contributed by atoms with E-state index in [0.29, 0.717) is 43.4 Å². The topological polar surface area (TPSA) is 95.8 Å². The summed E-state index contributed by atoms with van der Waals surface area (Å²) < 4.78 is 0. The highest BCUT2D eigenvalue weighted by atomic mass is 32.1. The van der Waals surface area contributed by atoms with Crippen LogP contribution in [0.4, 0.5) is 5.00 Å². The molecule has 0 radical (unpaired) electrons. The minimum absolute atomic E-state index is 0.0291. The molecule has 8 nitrogen and oxygen atoms in total. The van der Waals surface area contributed by atoms with Crippen molar-refractivity contribution in [2.75, 3.05) is 39.3 Å². The average Bonchev–Trinajstić information content (AvgIpc) is 3.30. The first kappa shape index (κ1) is 17.8. The van der Waals surface area contributed by atoms with Gasteiger partial charge in [-0.15, -0.1) is 0 Å². The van der Waals surface area contributed by atoms with Crippen LogP contribution in [-0.4, -0.2) is 65.8 Å². The Balaban J connectivity index is 1.46. The summed E-state index contributed by atoms with van der Waals surface area (Å²) in [5.41, 5.74) is 0. The fourth-order valence-electron chi connectivity index (χ4n) is 3.30. The third-order valence-electron chi connectivity index (χ3n) is 4.83. The molecule has 2 amide bonds. The summed E-state index contributed by atoms with van der Waals surface area (Å²) >= 11 is 0.895. The lowest BCUT2D eigenvalue weighted by Crippen LogP contribution is -2.50. The Kier molecular flexibility index (Phi) is 5.64. The molecule has 1 atom stereocenters. The Bertz CT molecular complexity index is 648. The number of hydrogen-bond donors (Lipinski definition) is 1. The van der Waals surface area contributed by atoms with Crippen molar-refractivity contribution < 1.29 is 14.5 Å². The van der Waals surface area contributed by atoms with Crippen LogP contribution in [-0.2, 0) is 4.79 Å². The molecule has 2 fully saturated rings. The summed E-state index contributed by atoms with van der Waals surface area (Å²) in [6.07, 6.45) is 2.63. The van der Waals surface area contributed by atoms with Crippen molar-refractivity contribution in [1.82, 2.24) is 15.1 Å². The summed E-state index contributed by atoms with van der Waals surface area (Å²) in [4.78, 5) is 38.8. The molecule has 0 aromatic carbocycles. The number of piperazine rings is 1. The van der Waals surface area contributed by atoms with Gasteiger partial charge in [-0.05, 0) is 37.9 Å². The standard InChI is InChI=1S/C16H22N4O4S/c21-14(3-1-12-5-6-17-11-12)18-7-9-19(10-8-18)16(22)13-2-4-15(25-13)20(23)24/h2,4,12,17H,1,3,5-11H2. The van der Waals surface area contributed by atoms with Gasteiger partial charge in [0.05, 0.1) is 9.80 Å². The summed E-state index contributed by atoms with van der Waals surface area (Å²) in [5, 5.41) is 14.0. The quantitative estimate of drug-likeness (QED) is 0.626. The summed E-state index contributed by atoms with van der Waals surface area (Å²) in [6.45, 7) is 4.05. The van der Waals surface area contributed by atoms with Gasteiger partial charge < -0.3 is 15.1 Å². The molecule has 0 aliphatic carbocycles. The lowest BCUT2D eigenvalue weighted by atomic mass is 10.0. The number of rotatable bonds is 5. The molecule has 9 heteroatoms. The number of carbonyl (C=O) groups excluding carboxylic acids is 2. The van der Waals surface area contributed by atoms with Gasteiger partial charge in [0.1, 0.15) is 0 Å². The number of nitrogens with zero attached hydrogens (tertiary/aromatic N) is 3. The maximum absolute atomic E-state index is 12.4. The molecule has 1 unspecified atom stereocenters. The van der Waals surface area contributed by atoms with Crippen molar-refractivity contribution in [3.05, 3.63) is 27.1 Å². The summed E-state index contributed by atoms with van der Waals surface area (Å²) in [5.74, 6) is 0.564. The van der Waals surface area contributed by atoms with Crippen LogP contribution in [0.5, 0.6) is 0 Å². The number of hydrogen-bond acceptors (Lipinski definition) is 6. The first-order valence-corrected chi connectivity index (χ1v) is 9.38. The second-order valence-electron chi connectivity index (χ2n) is 6.47. The van der Waals surface area contributed by atoms with E-state index in [2.05, 4.69) is 5.32 Å². The molecule has 3 heterocycles. The van der Waals surface area contributed by atoms with Gasteiger partial charge in [0.25, 0.3) is 5.91 Å². The average molecular weight is 366 g/mol. The van der Waals surface area contributed by atoms with E-state index in [-0.39, 0.29) is 16.8 Å². The molecule has 1 aromatic heterocycles. The molecular formula is C16H22N4O4S. The maximum atomic E-state index is 12.4. The van der Waals surface area contributed by atoms with Crippen LogP contribution in [0.25, 0.3) is 0 Å². The highest BCUT2D eigenvalue weighted by Crippen LogP contribution is 2.25. The smallest absolute Gasteiger partial charge is 0.324 e. The van der Waals surface area contributed by atoms with E-state index in [9.17, 15) is 19.7 Å². The summed E-state index contributed by atoms with van der Waals surface area (Å²) in [7, 11) is 0. The lowest BCUT2D eigenvalue weighted by molar-refractivity contribution is -0.380. The Labute approximate surface area is 149 Å². The van der Waals surface area contributed by atoms with Gasteiger partial charge in [0, 0.05) is 38.7 Å². The normalized spacial score (nSPS) is 20.7. The van der Waals surface area contributed by atoms with E-state index in [1.54, 1.807) is 4.90 Å². The second kappa shape index (κ2) is 7.92. The van der Waals surface area contributed by atoms with Crippen molar-refractivity contribution in [3.63, 3.8) is 0 Å². The van der Waals surface area contributed by atoms with E-state index in [0.717, 1.165) is 37.3 Å². The fraction of sp³-hybridized carbons (Fsp3) is 0.625. The molecule has 1 aromatic rings. The molecule has 1 N–H and O–H groups in total. The Morgan fingerprint density at radius 3 is 2.56 bits per heavy atom. The molecule has 0 spiro atoms. The van der Waals surface area contributed by atoms with Crippen molar-refractivity contribution in [1.29, 1.82) is 0 Å². The Morgan fingerprint density at radius 2 is 1.96 bits per heavy atom. The van der Waals surface area contributed by atoms with Crippen molar-refractivity contribution in [3.8, 4) is 0 Å². The summed E-state index contributed by atoms with van der Waals surface area (Å²) in [6, 6.07) is 2.86. The minimum Gasteiger partial charge on any atom is -0.339 e. The predicted molar refractivity (Wildman–Crippen MR) is 93.7 cm³/mol. The molecule has 3 rings (SSSR count). The van der Waals surface area contributed by atoms with Crippen LogP contribution in [0.3, 0.4) is 0 Å². The molecule has 136 valence electrons. The molecule has 0 bridgehead atoms. The molecular weight excluding hydrogens is 344 g/mol. The SMILES string of the molecule is O=C(CCC1CCNC1)N1CCN(C(=O)c2ccc([N+](=O)[O-])s2)CC1. The number of nitro groups is 1. The molecule has 25 heavy (non-hydrogen) atoms. The second-order valence-corrected chi connectivity index (χ2v) is 7.53. The van der Waals surface area contributed by atoms with Crippen molar-refractivity contribution in [2.24, 2.45) is 5.92 Å². The fourth-order valence-corrected chi connectivity index (χ4v) is 4.09. The van der Waals surface area contributed by atoms with Crippen LogP contribution in [0.1, 0.15) is 28.9 Å². The van der Waals surface area contributed by atoms with E-state index in [1.165, 1.54) is 12.1 Å². The number of amides is 2. The van der Waals surface area contributed by atoms with Gasteiger partial charge in [-0.2, -0.15) is 0 Å². The molecule has 2 aliphatic heterocycles. The van der Waals surface area contributed by atoms with Gasteiger partial charge in [-0.25, -0.2) is 0 Å². The molecule has 2 saturated heterocycles. The van der Waals surface area contributed by atoms with Crippen molar-refractivity contribution in [2.45, 2.75) is 19.3 Å². The zero-order valence-electron chi connectivity index (χ0n) is 14.0. The van der Waals surface area contributed by atoms with Gasteiger partial charge >= 0.3 is 5.00 Å².